The average Bonchev–Trinajstić information content (AvgIpc) is 2.89. The Bertz CT molecular complexity index is 632. The van der Waals surface area contributed by atoms with Crippen molar-refractivity contribution in [3.63, 3.8) is 0 Å². The van der Waals surface area contributed by atoms with Crippen LogP contribution in [0.1, 0.15) is 28.7 Å². The lowest BCUT2D eigenvalue weighted by atomic mass is 10.2. The van der Waals surface area contributed by atoms with Gasteiger partial charge in [-0.05, 0) is 19.6 Å². The molecule has 0 aliphatic rings. The smallest absolute Gasteiger partial charge is 0.263 e. The zero-order valence-electron chi connectivity index (χ0n) is 12.2. The van der Waals surface area contributed by atoms with E-state index in [2.05, 4.69) is 23.6 Å². The van der Waals surface area contributed by atoms with E-state index in [4.69, 9.17) is 5.73 Å². The molecule has 2 aromatic rings. The molecule has 5 nitrogen and oxygen atoms in total. The SMILES string of the molecule is CSC(C)CCNC(=O)c1sc2c(c(C)nn2C)c1N. The van der Waals surface area contributed by atoms with Crippen molar-refractivity contribution in [2.45, 2.75) is 25.5 Å². The molecule has 0 saturated heterocycles. The number of amides is 1. The lowest BCUT2D eigenvalue weighted by Crippen LogP contribution is -2.25. The Morgan fingerprint density at radius 3 is 2.90 bits per heavy atom. The van der Waals surface area contributed by atoms with Gasteiger partial charge in [0.25, 0.3) is 5.91 Å². The first kappa shape index (κ1) is 15.2. The zero-order chi connectivity index (χ0) is 14.9. The zero-order valence-corrected chi connectivity index (χ0v) is 13.8. The summed E-state index contributed by atoms with van der Waals surface area (Å²) in [5.41, 5.74) is 7.52. The number of hydrogen-bond acceptors (Lipinski definition) is 5. The predicted octanol–water partition coefficient (Wildman–Crippen LogP) is 2.40. The standard InChI is InChI=1S/C13H20N4OS2/c1-7(19-4)5-6-15-12(18)11-10(14)9-8(2)16-17(3)13(9)20-11/h7H,5-6,14H2,1-4H3,(H,15,18). The fourth-order valence-electron chi connectivity index (χ4n) is 2.09. The second-order valence-electron chi connectivity index (χ2n) is 4.82. The van der Waals surface area contributed by atoms with E-state index >= 15 is 0 Å². The van der Waals surface area contributed by atoms with Crippen LogP contribution in [0.4, 0.5) is 5.69 Å². The van der Waals surface area contributed by atoms with Crippen LogP contribution in [0.5, 0.6) is 0 Å². The number of carbonyl (C=O) groups excluding carboxylic acids is 1. The van der Waals surface area contributed by atoms with Crippen LogP contribution in [0.15, 0.2) is 0 Å². The van der Waals surface area contributed by atoms with Crippen molar-refractivity contribution in [3.05, 3.63) is 10.6 Å². The molecule has 20 heavy (non-hydrogen) atoms. The number of thiophene rings is 1. The average molecular weight is 312 g/mol. The predicted molar refractivity (Wildman–Crippen MR) is 87.7 cm³/mol. The van der Waals surface area contributed by atoms with Crippen molar-refractivity contribution >= 4 is 44.9 Å². The van der Waals surface area contributed by atoms with Crippen LogP contribution in [0.2, 0.25) is 0 Å². The fraction of sp³-hybridized carbons (Fsp3) is 0.538. The van der Waals surface area contributed by atoms with E-state index in [1.807, 2.05) is 14.0 Å². The minimum Gasteiger partial charge on any atom is -0.397 e. The van der Waals surface area contributed by atoms with E-state index in [9.17, 15) is 4.79 Å². The highest BCUT2D eigenvalue weighted by Gasteiger charge is 2.20. The molecule has 0 bridgehead atoms. The van der Waals surface area contributed by atoms with Gasteiger partial charge in [-0.3, -0.25) is 9.48 Å². The van der Waals surface area contributed by atoms with Crippen molar-refractivity contribution in [1.29, 1.82) is 0 Å². The number of nitrogens with two attached hydrogens (primary N) is 1. The maximum absolute atomic E-state index is 12.2. The van der Waals surface area contributed by atoms with Crippen LogP contribution < -0.4 is 11.1 Å². The van der Waals surface area contributed by atoms with Gasteiger partial charge in [-0.2, -0.15) is 16.9 Å². The number of thioether (sulfide) groups is 1. The monoisotopic (exact) mass is 312 g/mol. The second kappa shape index (κ2) is 6.05. The minimum atomic E-state index is -0.0867. The van der Waals surface area contributed by atoms with Gasteiger partial charge in [0.05, 0.1) is 16.8 Å². The molecule has 0 spiro atoms. The molecule has 1 atom stereocenters. The Hall–Kier alpha value is -1.21. The van der Waals surface area contributed by atoms with Crippen LogP contribution in [-0.4, -0.2) is 33.7 Å². The van der Waals surface area contributed by atoms with E-state index in [1.165, 1.54) is 11.3 Å². The Morgan fingerprint density at radius 2 is 2.30 bits per heavy atom. The number of fused-ring (bicyclic) bond motifs is 1. The molecule has 110 valence electrons. The molecule has 0 aliphatic heterocycles. The molecule has 1 amide bonds. The summed E-state index contributed by atoms with van der Waals surface area (Å²) in [5.74, 6) is -0.0867. The first-order chi connectivity index (χ1) is 9.45. The van der Waals surface area contributed by atoms with Crippen LogP contribution in [0.3, 0.4) is 0 Å². The number of rotatable bonds is 5. The first-order valence-electron chi connectivity index (χ1n) is 6.48. The van der Waals surface area contributed by atoms with E-state index < -0.39 is 0 Å². The number of nitrogens with zero attached hydrogens (tertiary/aromatic N) is 2. The highest BCUT2D eigenvalue weighted by atomic mass is 32.2. The number of aryl methyl sites for hydroxylation is 2. The Labute approximate surface area is 126 Å². The van der Waals surface area contributed by atoms with Crippen molar-refractivity contribution in [3.8, 4) is 0 Å². The molecule has 0 fully saturated rings. The summed E-state index contributed by atoms with van der Waals surface area (Å²) in [6.45, 7) is 4.73. The number of aromatic nitrogens is 2. The summed E-state index contributed by atoms with van der Waals surface area (Å²) in [6, 6.07) is 0. The van der Waals surface area contributed by atoms with E-state index in [1.54, 1.807) is 16.4 Å². The molecular weight excluding hydrogens is 292 g/mol. The molecule has 0 aromatic carbocycles. The molecular formula is C13H20N4OS2. The Balaban J connectivity index is 2.14. The third-order valence-corrected chi connectivity index (χ3v) is 5.64. The summed E-state index contributed by atoms with van der Waals surface area (Å²) in [5, 5.41) is 8.71. The summed E-state index contributed by atoms with van der Waals surface area (Å²) >= 11 is 3.20. The maximum atomic E-state index is 12.2. The molecule has 2 rings (SSSR count). The molecule has 0 aliphatic carbocycles. The fourth-order valence-corrected chi connectivity index (χ4v) is 3.54. The highest BCUT2D eigenvalue weighted by molar-refractivity contribution is 7.99. The van der Waals surface area contributed by atoms with Crippen molar-refractivity contribution in [2.24, 2.45) is 7.05 Å². The number of nitrogen functional groups attached to an aromatic ring is 1. The van der Waals surface area contributed by atoms with Crippen LogP contribution in [0, 0.1) is 6.92 Å². The van der Waals surface area contributed by atoms with Gasteiger partial charge >= 0.3 is 0 Å². The number of anilines is 1. The van der Waals surface area contributed by atoms with Crippen molar-refractivity contribution in [2.75, 3.05) is 18.5 Å². The van der Waals surface area contributed by atoms with Gasteiger partial charge in [-0.15, -0.1) is 11.3 Å². The molecule has 3 N–H and O–H groups in total. The van der Waals surface area contributed by atoms with E-state index in [-0.39, 0.29) is 5.91 Å². The topological polar surface area (TPSA) is 72.9 Å². The summed E-state index contributed by atoms with van der Waals surface area (Å²) < 4.78 is 1.78. The third kappa shape index (κ3) is 2.78. The number of hydrogen-bond donors (Lipinski definition) is 2. The van der Waals surface area contributed by atoms with Gasteiger partial charge in [0, 0.05) is 18.8 Å². The third-order valence-electron chi connectivity index (χ3n) is 3.33. The first-order valence-corrected chi connectivity index (χ1v) is 8.58. The maximum Gasteiger partial charge on any atom is 0.263 e. The normalized spacial score (nSPS) is 12.8. The van der Waals surface area contributed by atoms with Crippen LogP contribution in [0.25, 0.3) is 10.2 Å². The lowest BCUT2D eigenvalue weighted by Gasteiger charge is -2.08. The largest absolute Gasteiger partial charge is 0.397 e. The molecule has 0 saturated carbocycles. The number of nitrogens with one attached hydrogen (secondary N) is 1. The van der Waals surface area contributed by atoms with Gasteiger partial charge in [0.2, 0.25) is 0 Å². The molecule has 7 heteroatoms. The van der Waals surface area contributed by atoms with Crippen LogP contribution in [-0.2, 0) is 7.05 Å². The highest BCUT2D eigenvalue weighted by Crippen LogP contribution is 2.35. The van der Waals surface area contributed by atoms with Gasteiger partial charge in [0.1, 0.15) is 9.71 Å². The Morgan fingerprint density at radius 1 is 1.60 bits per heavy atom. The number of carbonyl (C=O) groups is 1. The van der Waals surface area contributed by atoms with E-state index in [0.29, 0.717) is 22.4 Å². The van der Waals surface area contributed by atoms with Crippen LogP contribution >= 0.6 is 23.1 Å². The van der Waals surface area contributed by atoms with Gasteiger partial charge in [-0.25, -0.2) is 0 Å². The molecule has 1 unspecified atom stereocenters. The Kier molecular flexibility index (Phi) is 4.59. The van der Waals surface area contributed by atoms with Crippen molar-refractivity contribution < 1.29 is 4.79 Å². The van der Waals surface area contributed by atoms with Crippen molar-refractivity contribution in [1.82, 2.24) is 15.1 Å². The van der Waals surface area contributed by atoms with E-state index in [0.717, 1.165) is 22.3 Å². The quantitative estimate of drug-likeness (QED) is 0.889. The molecule has 2 aromatic heterocycles. The molecule has 2 heterocycles. The summed E-state index contributed by atoms with van der Waals surface area (Å²) in [6.07, 6.45) is 3.03. The summed E-state index contributed by atoms with van der Waals surface area (Å²) in [7, 11) is 1.87. The minimum absolute atomic E-state index is 0.0867. The second-order valence-corrected chi connectivity index (χ2v) is 7.10. The van der Waals surface area contributed by atoms with Gasteiger partial charge in [-0.1, -0.05) is 6.92 Å². The van der Waals surface area contributed by atoms with Gasteiger partial charge < -0.3 is 11.1 Å². The summed E-state index contributed by atoms with van der Waals surface area (Å²) in [4.78, 5) is 13.7. The molecule has 0 radical (unpaired) electrons. The van der Waals surface area contributed by atoms with Gasteiger partial charge in [0.15, 0.2) is 0 Å². The lowest BCUT2D eigenvalue weighted by molar-refractivity contribution is 0.0958.